The van der Waals surface area contributed by atoms with Crippen LogP contribution < -0.4 is 5.43 Å². The Hall–Kier alpha value is -1.77. The molecule has 0 aliphatic carbocycles. The van der Waals surface area contributed by atoms with Gasteiger partial charge in [0.05, 0.1) is 6.54 Å². The van der Waals surface area contributed by atoms with Crippen molar-refractivity contribution in [3.05, 3.63) is 59.7 Å². The topological polar surface area (TPSA) is 17.0 Å². The van der Waals surface area contributed by atoms with Crippen molar-refractivity contribution in [3.8, 4) is 0 Å². The molecule has 78 valence electrons. The second-order valence-corrected chi connectivity index (χ2v) is 3.51. The van der Waals surface area contributed by atoms with Crippen LogP contribution in [0.3, 0.4) is 0 Å². The Bertz CT molecular complexity index is 435. The van der Waals surface area contributed by atoms with E-state index in [4.69, 9.17) is 0 Å². The van der Waals surface area contributed by atoms with Gasteiger partial charge in [-0.2, -0.15) is 0 Å². The SMILES string of the molecule is Cc1cc(CNn2cccc2)ccc1F. The third-order valence-corrected chi connectivity index (χ3v) is 2.29. The molecule has 0 atom stereocenters. The van der Waals surface area contributed by atoms with Crippen LogP contribution >= 0.6 is 0 Å². The molecule has 0 fully saturated rings. The summed E-state index contributed by atoms with van der Waals surface area (Å²) in [6, 6.07) is 9.04. The first kappa shape index (κ1) is 9.77. The summed E-state index contributed by atoms with van der Waals surface area (Å²) < 4.78 is 14.9. The fraction of sp³-hybridized carbons (Fsp3) is 0.167. The minimum absolute atomic E-state index is 0.153. The summed E-state index contributed by atoms with van der Waals surface area (Å²) in [6.07, 6.45) is 3.85. The first-order chi connectivity index (χ1) is 7.25. The van der Waals surface area contributed by atoms with Crippen LogP contribution in [0.15, 0.2) is 42.7 Å². The maximum Gasteiger partial charge on any atom is 0.126 e. The molecule has 0 amide bonds. The first-order valence-corrected chi connectivity index (χ1v) is 4.87. The van der Waals surface area contributed by atoms with Crippen molar-refractivity contribution in [1.29, 1.82) is 0 Å². The fourth-order valence-corrected chi connectivity index (χ4v) is 1.44. The average molecular weight is 204 g/mol. The number of rotatable bonds is 3. The van der Waals surface area contributed by atoms with Gasteiger partial charge < -0.3 is 5.43 Å². The highest BCUT2D eigenvalue weighted by atomic mass is 19.1. The molecule has 1 aromatic heterocycles. The summed E-state index contributed by atoms with van der Waals surface area (Å²) in [5.74, 6) is -0.153. The van der Waals surface area contributed by atoms with Crippen molar-refractivity contribution in [1.82, 2.24) is 4.68 Å². The lowest BCUT2D eigenvalue weighted by atomic mass is 10.1. The zero-order chi connectivity index (χ0) is 10.7. The summed E-state index contributed by atoms with van der Waals surface area (Å²) >= 11 is 0. The van der Waals surface area contributed by atoms with Gasteiger partial charge in [0.15, 0.2) is 0 Å². The van der Waals surface area contributed by atoms with E-state index in [1.54, 1.807) is 13.0 Å². The molecule has 0 aliphatic heterocycles. The zero-order valence-corrected chi connectivity index (χ0v) is 8.57. The van der Waals surface area contributed by atoms with Crippen LogP contribution in [0, 0.1) is 12.7 Å². The molecule has 1 N–H and O–H groups in total. The highest BCUT2D eigenvalue weighted by Gasteiger charge is 1.98. The standard InChI is InChI=1S/C12H13FN2/c1-10-8-11(4-5-12(10)13)9-14-15-6-2-3-7-15/h2-8,14H,9H2,1H3. The van der Waals surface area contributed by atoms with Gasteiger partial charge in [0, 0.05) is 12.4 Å². The van der Waals surface area contributed by atoms with Crippen molar-refractivity contribution < 1.29 is 4.39 Å². The van der Waals surface area contributed by atoms with E-state index in [0.29, 0.717) is 12.1 Å². The molecule has 15 heavy (non-hydrogen) atoms. The van der Waals surface area contributed by atoms with Gasteiger partial charge in [0.2, 0.25) is 0 Å². The Kier molecular flexibility index (Phi) is 2.72. The van der Waals surface area contributed by atoms with Gasteiger partial charge in [-0.15, -0.1) is 0 Å². The van der Waals surface area contributed by atoms with Crippen LogP contribution in [-0.4, -0.2) is 4.68 Å². The van der Waals surface area contributed by atoms with Crippen LogP contribution in [0.25, 0.3) is 0 Å². The summed E-state index contributed by atoms with van der Waals surface area (Å²) in [7, 11) is 0. The predicted molar refractivity (Wildman–Crippen MR) is 58.6 cm³/mol. The van der Waals surface area contributed by atoms with Gasteiger partial charge in [-0.05, 0) is 36.2 Å². The Morgan fingerprint density at radius 2 is 2.00 bits per heavy atom. The normalized spacial score (nSPS) is 10.3. The van der Waals surface area contributed by atoms with E-state index in [1.807, 2.05) is 35.3 Å². The van der Waals surface area contributed by atoms with E-state index in [9.17, 15) is 4.39 Å². The summed E-state index contributed by atoms with van der Waals surface area (Å²) in [5, 5.41) is 0. The van der Waals surface area contributed by atoms with Crippen molar-refractivity contribution >= 4 is 0 Å². The third-order valence-electron chi connectivity index (χ3n) is 2.29. The minimum Gasteiger partial charge on any atom is -0.322 e. The maximum absolute atomic E-state index is 13.0. The van der Waals surface area contributed by atoms with Crippen molar-refractivity contribution in [3.63, 3.8) is 0 Å². The Labute approximate surface area is 88.3 Å². The number of hydrogen-bond acceptors (Lipinski definition) is 1. The van der Waals surface area contributed by atoms with Crippen LogP contribution in [0.1, 0.15) is 11.1 Å². The number of aryl methyl sites for hydroxylation is 1. The molecule has 2 aromatic rings. The van der Waals surface area contributed by atoms with Gasteiger partial charge in [0.25, 0.3) is 0 Å². The van der Waals surface area contributed by atoms with Crippen molar-refractivity contribution in [2.75, 3.05) is 5.43 Å². The molecule has 2 rings (SSSR count). The number of halogens is 1. The fourth-order valence-electron chi connectivity index (χ4n) is 1.44. The average Bonchev–Trinajstić information content (AvgIpc) is 2.73. The third kappa shape index (κ3) is 2.37. The van der Waals surface area contributed by atoms with Crippen LogP contribution in [-0.2, 0) is 6.54 Å². The molecular formula is C12H13FN2. The van der Waals surface area contributed by atoms with Gasteiger partial charge in [-0.3, -0.25) is 4.68 Å². The van der Waals surface area contributed by atoms with Gasteiger partial charge in [0.1, 0.15) is 5.82 Å². The first-order valence-electron chi connectivity index (χ1n) is 4.87. The molecule has 1 aromatic carbocycles. The maximum atomic E-state index is 13.0. The number of aromatic nitrogens is 1. The summed E-state index contributed by atoms with van der Waals surface area (Å²) in [6.45, 7) is 2.46. The molecule has 1 heterocycles. The molecule has 2 nitrogen and oxygen atoms in total. The Morgan fingerprint density at radius 3 is 2.67 bits per heavy atom. The van der Waals surface area contributed by atoms with Crippen molar-refractivity contribution in [2.45, 2.75) is 13.5 Å². The molecule has 0 radical (unpaired) electrons. The second-order valence-electron chi connectivity index (χ2n) is 3.51. The lowest BCUT2D eigenvalue weighted by Crippen LogP contribution is -2.11. The van der Waals surface area contributed by atoms with Crippen LogP contribution in [0.5, 0.6) is 0 Å². The largest absolute Gasteiger partial charge is 0.322 e. The van der Waals surface area contributed by atoms with E-state index < -0.39 is 0 Å². The van der Waals surface area contributed by atoms with E-state index in [0.717, 1.165) is 5.56 Å². The predicted octanol–water partition coefficient (Wildman–Crippen LogP) is 2.68. The summed E-state index contributed by atoms with van der Waals surface area (Å²) in [5.41, 5.74) is 4.94. The Balaban J connectivity index is 2.02. The highest BCUT2D eigenvalue weighted by molar-refractivity contribution is 5.24. The molecule has 3 heteroatoms. The van der Waals surface area contributed by atoms with Crippen LogP contribution in [0.2, 0.25) is 0 Å². The van der Waals surface area contributed by atoms with Crippen molar-refractivity contribution in [2.24, 2.45) is 0 Å². The lowest BCUT2D eigenvalue weighted by Gasteiger charge is -2.08. The zero-order valence-electron chi connectivity index (χ0n) is 8.57. The minimum atomic E-state index is -0.153. The quantitative estimate of drug-likeness (QED) is 0.813. The summed E-state index contributed by atoms with van der Waals surface area (Å²) in [4.78, 5) is 0. The van der Waals surface area contributed by atoms with Gasteiger partial charge >= 0.3 is 0 Å². The van der Waals surface area contributed by atoms with E-state index in [-0.39, 0.29) is 5.82 Å². The lowest BCUT2D eigenvalue weighted by molar-refractivity contribution is 0.617. The van der Waals surface area contributed by atoms with E-state index in [2.05, 4.69) is 5.43 Å². The molecule has 0 spiro atoms. The molecule has 0 unspecified atom stereocenters. The monoisotopic (exact) mass is 204 g/mol. The second kappa shape index (κ2) is 4.17. The van der Waals surface area contributed by atoms with E-state index >= 15 is 0 Å². The number of nitrogens with zero attached hydrogens (tertiary/aromatic N) is 1. The van der Waals surface area contributed by atoms with Gasteiger partial charge in [-0.1, -0.05) is 12.1 Å². The van der Waals surface area contributed by atoms with Gasteiger partial charge in [-0.25, -0.2) is 4.39 Å². The van der Waals surface area contributed by atoms with Crippen LogP contribution in [0.4, 0.5) is 4.39 Å². The molecule has 0 bridgehead atoms. The molecular weight excluding hydrogens is 191 g/mol. The Morgan fingerprint density at radius 1 is 1.27 bits per heavy atom. The molecule has 0 saturated heterocycles. The number of hydrogen-bond donors (Lipinski definition) is 1. The number of benzene rings is 1. The molecule has 0 aliphatic rings. The number of nitrogens with one attached hydrogen (secondary N) is 1. The van der Waals surface area contributed by atoms with E-state index in [1.165, 1.54) is 6.07 Å². The highest BCUT2D eigenvalue weighted by Crippen LogP contribution is 2.09. The smallest absolute Gasteiger partial charge is 0.126 e. The molecule has 0 saturated carbocycles.